The lowest BCUT2D eigenvalue weighted by molar-refractivity contribution is -0.384. The van der Waals surface area contributed by atoms with Crippen LogP contribution in [0.25, 0.3) is 0 Å². The molecule has 0 radical (unpaired) electrons. The first-order valence-corrected chi connectivity index (χ1v) is 14.9. The number of nitro benzene ring substituents is 1. The zero-order valence-corrected chi connectivity index (χ0v) is 25.2. The van der Waals surface area contributed by atoms with Gasteiger partial charge in [0.25, 0.3) is 5.69 Å². The summed E-state index contributed by atoms with van der Waals surface area (Å²) in [6.45, 7) is 4.70. The van der Waals surface area contributed by atoms with Gasteiger partial charge in [0.05, 0.1) is 37.4 Å². The largest absolute Gasteiger partial charge is 0.468 e. The molecule has 1 aliphatic rings. The number of esters is 2. The fraction of sp³-hybridized carbons (Fsp3) is 0.303. The smallest absolute Gasteiger partial charge is 0.336 e. The van der Waals surface area contributed by atoms with E-state index in [-0.39, 0.29) is 17.9 Å². The molecule has 0 aliphatic carbocycles. The van der Waals surface area contributed by atoms with E-state index in [9.17, 15) is 19.7 Å². The predicted octanol–water partition coefficient (Wildman–Crippen LogP) is 6.31. The highest BCUT2D eigenvalue weighted by atomic mass is 32.2. The minimum Gasteiger partial charge on any atom is -0.468 e. The van der Waals surface area contributed by atoms with Crippen molar-refractivity contribution in [3.05, 3.63) is 117 Å². The molecule has 3 aromatic carbocycles. The van der Waals surface area contributed by atoms with Gasteiger partial charge >= 0.3 is 11.9 Å². The van der Waals surface area contributed by atoms with E-state index in [1.165, 1.54) is 25.3 Å². The Morgan fingerprint density at radius 3 is 2.40 bits per heavy atom. The second kappa shape index (κ2) is 15.3. The summed E-state index contributed by atoms with van der Waals surface area (Å²) in [5.41, 5.74) is 3.48. The van der Waals surface area contributed by atoms with Gasteiger partial charge in [0, 0.05) is 46.5 Å². The molecule has 1 aliphatic heterocycles. The third-order valence-electron chi connectivity index (χ3n) is 7.10. The van der Waals surface area contributed by atoms with Crippen molar-refractivity contribution < 1.29 is 28.7 Å². The number of thioether (sulfide) groups is 1. The van der Waals surface area contributed by atoms with Crippen molar-refractivity contribution in [3.8, 4) is 0 Å². The Hall–Kier alpha value is -4.28. The van der Waals surface area contributed by atoms with Crippen LogP contribution >= 0.6 is 11.8 Å². The fourth-order valence-electron chi connectivity index (χ4n) is 5.00. The molecule has 43 heavy (non-hydrogen) atoms. The zero-order valence-electron chi connectivity index (χ0n) is 24.4. The van der Waals surface area contributed by atoms with Crippen molar-refractivity contribution in [3.63, 3.8) is 0 Å². The Morgan fingerprint density at radius 1 is 0.953 bits per heavy atom. The van der Waals surface area contributed by atoms with Gasteiger partial charge in [-0.25, -0.2) is 4.79 Å². The van der Waals surface area contributed by atoms with Crippen LogP contribution in [-0.4, -0.2) is 48.7 Å². The molecular formula is C33H34N2O7S. The van der Waals surface area contributed by atoms with Crippen LogP contribution in [0.2, 0.25) is 0 Å². The molecule has 10 heteroatoms. The second-order valence-electron chi connectivity index (χ2n) is 10.00. The van der Waals surface area contributed by atoms with Gasteiger partial charge in [-0.2, -0.15) is 0 Å². The van der Waals surface area contributed by atoms with Gasteiger partial charge < -0.3 is 14.2 Å². The molecule has 0 amide bonds. The SMILES string of the molecule is COC(=O)C1C(C)=NC(C)=C(C(=O)OCCc2ccc(SCCOCc3ccccc3)cc2)C1c1cccc([N+](=O)[O-])c1. The van der Waals surface area contributed by atoms with E-state index in [1.54, 1.807) is 31.7 Å². The lowest BCUT2D eigenvalue weighted by Crippen LogP contribution is -2.36. The van der Waals surface area contributed by atoms with Crippen molar-refractivity contribution in [2.45, 2.75) is 37.7 Å². The predicted molar refractivity (Wildman–Crippen MR) is 165 cm³/mol. The summed E-state index contributed by atoms with van der Waals surface area (Å²) < 4.78 is 16.4. The molecular weight excluding hydrogens is 568 g/mol. The first-order chi connectivity index (χ1) is 20.8. The Bertz CT molecular complexity index is 1500. The molecule has 3 aromatic rings. The first-order valence-electron chi connectivity index (χ1n) is 13.9. The normalized spacial score (nSPS) is 16.4. The lowest BCUT2D eigenvalue weighted by atomic mass is 9.75. The van der Waals surface area contributed by atoms with Crippen LogP contribution in [0, 0.1) is 16.0 Å². The summed E-state index contributed by atoms with van der Waals surface area (Å²) >= 11 is 1.71. The average Bonchev–Trinajstić information content (AvgIpc) is 3.01. The highest BCUT2D eigenvalue weighted by Gasteiger charge is 2.42. The summed E-state index contributed by atoms with van der Waals surface area (Å²) in [6, 6.07) is 24.0. The van der Waals surface area contributed by atoms with Gasteiger partial charge in [-0.15, -0.1) is 11.8 Å². The maximum absolute atomic E-state index is 13.4. The van der Waals surface area contributed by atoms with E-state index < -0.39 is 28.7 Å². The molecule has 0 saturated carbocycles. The number of carbonyl (C=O) groups excluding carboxylic acids is 2. The Labute approximate surface area is 255 Å². The Balaban J connectivity index is 1.36. The molecule has 0 saturated heterocycles. The van der Waals surface area contributed by atoms with E-state index in [1.807, 2.05) is 54.6 Å². The van der Waals surface area contributed by atoms with Gasteiger partial charge in [0.2, 0.25) is 0 Å². The Morgan fingerprint density at radius 2 is 1.70 bits per heavy atom. The van der Waals surface area contributed by atoms with Crippen LogP contribution in [0.4, 0.5) is 5.69 Å². The van der Waals surface area contributed by atoms with E-state index in [2.05, 4.69) is 4.99 Å². The molecule has 0 aromatic heterocycles. The molecule has 9 nitrogen and oxygen atoms in total. The monoisotopic (exact) mass is 602 g/mol. The average molecular weight is 603 g/mol. The zero-order chi connectivity index (χ0) is 30.8. The number of carbonyl (C=O) groups is 2. The van der Waals surface area contributed by atoms with Crippen molar-refractivity contribution in [1.29, 1.82) is 0 Å². The number of hydrogen-bond donors (Lipinski definition) is 0. The van der Waals surface area contributed by atoms with E-state index in [0.29, 0.717) is 36.6 Å². The minimum absolute atomic E-state index is 0.114. The molecule has 4 rings (SSSR count). The highest BCUT2D eigenvalue weighted by Crippen LogP contribution is 2.41. The summed E-state index contributed by atoms with van der Waals surface area (Å²) in [4.78, 5) is 42.8. The van der Waals surface area contributed by atoms with Gasteiger partial charge in [0.1, 0.15) is 5.92 Å². The number of allylic oxidation sites excluding steroid dienone is 1. The maximum atomic E-state index is 13.4. The number of hydrogen-bond acceptors (Lipinski definition) is 9. The van der Waals surface area contributed by atoms with Gasteiger partial charge in [-0.3, -0.25) is 19.9 Å². The van der Waals surface area contributed by atoms with Gasteiger partial charge in [0.15, 0.2) is 0 Å². The molecule has 1 heterocycles. The van der Waals surface area contributed by atoms with Crippen molar-refractivity contribution in [2.75, 3.05) is 26.1 Å². The third-order valence-corrected chi connectivity index (χ3v) is 8.07. The third kappa shape index (κ3) is 8.39. The van der Waals surface area contributed by atoms with Gasteiger partial charge in [-0.05, 0) is 42.7 Å². The van der Waals surface area contributed by atoms with Crippen LogP contribution in [0.3, 0.4) is 0 Å². The van der Waals surface area contributed by atoms with E-state index in [0.717, 1.165) is 21.8 Å². The number of nitrogens with zero attached hydrogens (tertiary/aromatic N) is 2. The molecule has 224 valence electrons. The summed E-state index contributed by atoms with van der Waals surface area (Å²) in [6.07, 6.45) is 0.493. The van der Waals surface area contributed by atoms with Crippen LogP contribution < -0.4 is 0 Å². The summed E-state index contributed by atoms with van der Waals surface area (Å²) in [5, 5.41) is 11.5. The lowest BCUT2D eigenvalue weighted by Gasteiger charge is -2.31. The molecule has 2 atom stereocenters. The number of methoxy groups -OCH3 is 1. The summed E-state index contributed by atoms with van der Waals surface area (Å²) in [5.74, 6) is -2.14. The maximum Gasteiger partial charge on any atom is 0.336 e. The van der Waals surface area contributed by atoms with E-state index >= 15 is 0 Å². The Kier molecular flexibility index (Phi) is 11.2. The molecule has 2 unspecified atom stereocenters. The first kappa shape index (κ1) is 31.7. The number of nitro groups is 1. The number of aliphatic imine (C=N–C) groups is 1. The number of non-ortho nitro benzene ring substituents is 1. The summed E-state index contributed by atoms with van der Waals surface area (Å²) in [7, 11) is 1.26. The number of benzene rings is 3. The van der Waals surface area contributed by atoms with Crippen molar-refractivity contribution >= 4 is 35.1 Å². The van der Waals surface area contributed by atoms with Crippen molar-refractivity contribution in [2.24, 2.45) is 10.9 Å². The number of rotatable bonds is 13. The van der Waals surface area contributed by atoms with Gasteiger partial charge in [-0.1, -0.05) is 54.6 Å². The topological polar surface area (TPSA) is 117 Å². The van der Waals surface area contributed by atoms with Crippen LogP contribution in [0.5, 0.6) is 0 Å². The van der Waals surface area contributed by atoms with E-state index in [4.69, 9.17) is 14.2 Å². The van der Waals surface area contributed by atoms with Crippen LogP contribution in [0.15, 0.2) is 100 Å². The number of ether oxygens (including phenoxy) is 3. The van der Waals surface area contributed by atoms with Crippen LogP contribution in [-0.2, 0) is 36.8 Å². The fourth-order valence-corrected chi connectivity index (χ4v) is 5.77. The minimum atomic E-state index is -0.924. The molecule has 0 spiro atoms. The molecule has 0 fully saturated rings. The second-order valence-corrected chi connectivity index (χ2v) is 11.2. The quantitative estimate of drug-likeness (QED) is 0.0735. The molecule has 0 bridgehead atoms. The highest BCUT2D eigenvalue weighted by molar-refractivity contribution is 7.99. The standard InChI is InChI=1S/C33H34N2O7S/c1-22-29(32(36)40-3)31(26-10-7-11-27(20-26)35(38)39)30(23(2)34-22)33(37)42-17-16-24-12-14-28(15-13-24)43-19-18-41-21-25-8-5-4-6-9-25/h4-15,20,29,31H,16-19,21H2,1-3H3. The van der Waals surface area contributed by atoms with Crippen LogP contribution in [0.1, 0.15) is 36.5 Å². The van der Waals surface area contributed by atoms with Crippen molar-refractivity contribution in [1.82, 2.24) is 0 Å². The molecule has 0 N–H and O–H groups in total.